The van der Waals surface area contributed by atoms with Gasteiger partial charge in [-0.3, -0.25) is 0 Å². The Morgan fingerprint density at radius 3 is 3.25 bits per heavy atom. The lowest BCUT2D eigenvalue weighted by atomic mass is 10.0. The summed E-state index contributed by atoms with van der Waals surface area (Å²) in [6.45, 7) is 2.95. The second-order valence-electron chi connectivity index (χ2n) is 5.06. The van der Waals surface area contributed by atoms with Crippen molar-refractivity contribution in [2.45, 2.75) is 19.4 Å². The number of hydrogen-bond acceptors (Lipinski definition) is 4. The molecule has 1 aliphatic rings. The zero-order valence-electron chi connectivity index (χ0n) is 10.9. The van der Waals surface area contributed by atoms with E-state index in [9.17, 15) is 0 Å². The van der Waals surface area contributed by atoms with E-state index in [1.54, 1.807) is 11.3 Å². The van der Waals surface area contributed by atoms with Crippen LogP contribution in [0.25, 0.3) is 11.1 Å². The lowest BCUT2D eigenvalue weighted by Gasteiger charge is -2.21. The van der Waals surface area contributed by atoms with Gasteiger partial charge >= 0.3 is 0 Å². The van der Waals surface area contributed by atoms with Crippen LogP contribution in [-0.4, -0.2) is 11.5 Å². The van der Waals surface area contributed by atoms with Gasteiger partial charge in [0.25, 0.3) is 0 Å². The molecule has 1 atom stereocenters. The van der Waals surface area contributed by atoms with Crippen LogP contribution < -0.4 is 5.32 Å². The average Bonchev–Trinajstić information content (AvgIpc) is 3.03. The smallest absolute Gasteiger partial charge is 0.217 e. The maximum absolute atomic E-state index is 6.09. The first-order chi connectivity index (χ1) is 9.72. The van der Waals surface area contributed by atoms with Gasteiger partial charge in [0.2, 0.25) is 5.89 Å². The van der Waals surface area contributed by atoms with Gasteiger partial charge in [-0.25, -0.2) is 4.98 Å². The molecule has 0 saturated carbocycles. The van der Waals surface area contributed by atoms with Gasteiger partial charge in [-0.2, -0.15) is 0 Å². The van der Waals surface area contributed by atoms with Gasteiger partial charge in [-0.15, -0.1) is 11.3 Å². The quantitative estimate of drug-likeness (QED) is 0.736. The normalized spacial score (nSPS) is 18.4. The van der Waals surface area contributed by atoms with Crippen molar-refractivity contribution >= 4 is 34.0 Å². The molecule has 0 fully saturated rings. The van der Waals surface area contributed by atoms with E-state index in [-0.39, 0.29) is 6.04 Å². The highest BCUT2D eigenvalue weighted by atomic mass is 35.5. The molecule has 0 radical (unpaired) electrons. The van der Waals surface area contributed by atoms with Gasteiger partial charge in [0, 0.05) is 16.4 Å². The van der Waals surface area contributed by atoms with Crippen LogP contribution in [-0.2, 0) is 6.42 Å². The minimum absolute atomic E-state index is 0.0515. The van der Waals surface area contributed by atoms with E-state index in [1.807, 2.05) is 19.1 Å². The molecule has 1 unspecified atom stereocenters. The number of nitrogens with one attached hydrogen (secondary N) is 1. The molecule has 5 heteroatoms. The molecule has 0 bridgehead atoms. The Labute approximate surface area is 125 Å². The standard InChI is InChI=1S/C15H13ClN2OS/c1-8-6-9(16)7-11-14(8)19-15(18-11)13-10-3-5-20-12(10)2-4-17-13/h3,5-7,13,17H,2,4H2,1H3. The van der Waals surface area contributed by atoms with E-state index in [2.05, 4.69) is 21.7 Å². The Morgan fingerprint density at radius 2 is 2.35 bits per heavy atom. The molecule has 102 valence electrons. The fourth-order valence-electron chi connectivity index (χ4n) is 2.77. The lowest BCUT2D eigenvalue weighted by Crippen LogP contribution is -2.29. The second-order valence-corrected chi connectivity index (χ2v) is 6.50. The highest BCUT2D eigenvalue weighted by molar-refractivity contribution is 7.10. The third-order valence-electron chi connectivity index (χ3n) is 3.70. The van der Waals surface area contributed by atoms with Gasteiger partial charge in [0.15, 0.2) is 5.58 Å². The summed E-state index contributed by atoms with van der Waals surface area (Å²) in [7, 11) is 0. The number of halogens is 1. The van der Waals surface area contributed by atoms with Gasteiger partial charge in [-0.05, 0) is 48.1 Å². The molecule has 3 aromatic rings. The Kier molecular flexibility index (Phi) is 2.84. The van der Waals surface area contributed by atoms with E-state index in [0.717, 1.165) is 35.5 Å². The maximum atomic E-state index is 6.09. The average molecular weight is 305 g/mol. The molecule has 4 rings (SSSR count). The Balaban J connectivity index is 1.86. The van der Waals surface area contributed by atoms with Crippen molar-refractivity contribution in [2.75, 3.05) is 6.54 Å². The summed E-state index contributed by atoms with van der Waals surface area (Å²) >= 11 is 7.89. The van der Waals surface area contributed by atoms with Crippen LogP contribution in [0.4, 0.5) is 0 Å². The molecular formula is C15H13ClN2OS. The Hall–Kier alpha value is -1.36. The predicted octanol–water partition coefficient (Wildman–Crippen LogP) is 4.09. The fraction of sp³-hybridized carbons (Fsp3) is 0.267. The molecule has 0 amide bonds. The van der Waals surface area contributed by atoms with Crippen LogP contribution in [0, 0.1) is 6.92 Å². The molecular weight excluding hydrogens is 292 g/mol. The van der Waals surface area contributed by atoms with Crippen LogP contribution in [0.3, 0.4) is 0 Å². The number of rotatable bonds is 1. The van der Waals surface area contributed by atoms with Gasteiger partial charge in [0.05, 0.1) is 0 Å². The number of aromatic nitrogens is 1. The molecule has 0 saturated heterocycles. The van der Waals surface area contributed by atoms with E-state index >= 15 is 0 Å². The number of fused-ring (bicyclic) bond motifs is 2. The van der Waals surface area contributed by atoms with Crippen molar-refractivity contribution in [3.63, 3.8) is 0 Å². The topological polar surface area (TPSA) is 38.1 Å². The molecule has 0 spiro atoms. The predicted molar refractivity (Wildman–Crippen MR) is 81.6 cm³/mol. The van der Waals surface area contributed by atoms with Crippen molar-refractivity contribution in [3.8, 4) is 0 Å². The second kappa shape index (κ2) is 4.58. The highest BCUT2D eigenvalue weighted by Gasteiger charge is 2.26. The van der Waals surface area contributed by atoms with Crippen molar-refractivity contribution < 1.29 is 4.42 Å². The highest BCUT2D eigenvalue weighted by Crippen LogP contribution is 2.34. The third kappa shape index (κ3) is 1.87. The maximum Gasteiger partial charge on any atom is 0.217 e. The third-order valence-corrected chi connectivity index (χ3v) is 4.91. The summed E-state index contributed by atoms with van der Waals surface area (Å²) in [6.07, 6.45) is 1.08. The summed E-state index contributed by atoms with van der Waals surface area (Å²) in [6, 6.07) is 5.97. The van der Waals surface area contributed by atoms with Crippen molar-refractivity contribution in [1.82, 2.24) is 10.3 Å². The van der Waals surface area contributed by atoms with Crippen LogP contribution in [0.1, 0.15) is 27.9 Å². The Bertz CT molecular complexity index is 792. The molecule has 20 heavy (non-hydrogen) atoms. The zero-order valence-corrected chi connectivity index (χ0v) is 12.5. The monoisotopic (exact) mass is 304 g/mol. The first-order valence-electron chi connectivity index (χ1n) is 6.58. The van der Waals surface area contributed by atoms with Crippen molar-refractivity contribution in [2.24, 2.45) is 0 Å². The van der Waals surface area contributed by atoms with Crippen molar-refractivity contribution in [1.29, 1.82) is 0 Å². The largest absolute Gasteiger partial charge is 0.438 e. The van der Waals surface area contributed by atoms with Crippen molar-refractivity contribution in [3.05, 3.63) is 50.5 Å². The molecule has 0 aliphatic carbocycles. The number of thiophene rings is 1. The zero-order chi connectivity index (χ0) is 13.7. The Morgan fingerprint density at radius 1 is 1.45 bits per heavy atom. The van der Waals surface area contributed by atoms with Crippen LogP contribution in [0.15, 0.2) is 28.0 Å². The van der Waals surface area contributed by atoms with E-state index in [0.29, 0.717) is 5.02 Å². The number of nitrogens with zero attached hydrogens (tertiary/aromatic N) is 1. The van der Waals surface area contributed by atoms with Gasteiger partial charge < -0.3 is 9.73 Å². The van der Waals surface area contributed by atoms with Crippen LogP contribution >= 0.6 is 22.9 Å². The van der Waals surface area contributed by atoms with Crippen LogP contribution in [0.5, 0.6) is 0 Å². The number of aryl methyl sites for hydroxylation is 1. The summed E-state index contributed by atoms with van der Waals surface area (Å²) < 4.78 is 5.99. The molecule has 3 heterocycles. The summed E-state index contributed by atoms with van der Waals surface area (Å²) in [4.78, 5) is 6.05. The summed E-state index contributed by atoms with van der Waals surface area (Å²) in [5, 5.41) is 6.32. The number of hydrogen-bond donors (Lipinski definition) is 1. The number of benzene rings is 1. The minimum Gasteiger partial charge on any atom is -0.438 e. The molecule has 1 N–H and O–H groups in total. The minimum atomic E-state index is 0.0515. The molecule has 2 aromatic heterocycles. The molecule has 1 aliphatic heterocycles. The van der Waals surface area contributed by atoms with E-state index < -0.39 is 0 Å². The first kappa shape index (κ1) is 12.4. The number of oxazole rings is 1. The fourth-order valence-corrected chi connectivity index (χ4v) is 3.96. The molecule has 3 nitrogen and oxygen atoms in total. The van der Waals surface area contributed by atoms with Gasteiger partial charge in [0.1, 0.15) is 11.6 Å². The van der Waals surface area contributed by atoms with E-state index in [4.69, 9.17) is 16.0 Å². The summed E-state index contributed by atoms with van der Waals surface area (Å²) in [5.74, 6) is 0.727. The molecule has 1 aromatic carbocycles. The van der Waals surface area contributed by atoms with Gasteiger partial charge in [-0.1, -0.05) is 11.6 Å². The lowest BCUT2D eigenvalue weighted by molar-refractivity contribution is 0.441. The first-order valence-corrected chi connectivity index (χ1v) is 7.84. The van der Waals surface area contributed by atoms with Crippen LogP contribution in [0.2, 0.25) is 5.02 Å². The summed E-state index contributed by atoms with van der Waals surface area (Å²) in [5.41, 5.74) is 3.96. The van der Waals surface area contributed by atoms with E-state index in [1.165, 1.54) is 10.4 Å². The SMILES string of the molecule is Cc1cc(Cl)cc2nc(C3NCCc4sccc43)oc12.